The molecule has 0 heterocycles. The number of hydrogen-bond acceptors (Lipinski definition) is 3. The minimum Gasteiger partial charge on any atom is -0.315 e. The SMILES string of the molecule is CCCCCCNCCN(CC)C(C)CN(C)C. The van der Waals surface area contributed by atoms with Crippen molar-refractivity contribution in [3.8, 4) is 0 Å². The molecule has 0 rings (SSSR count). The van der Waals surface area contributed by atoms with Gasteiger partial charge in [-0.25, -0.2) is 0 Å². The fraction of sp³-hybridized carbons (Fsp3) is 1.00. The van der Waals surface area contributed by atoms with Crippen molar-refractivity contribution in [1.29, 1.82) is 0 Å². The van der Waals surface area contributed by atoms with Gasteiger partial charge in [0.25, 0.3) is 0 Å². The molecule has 0 aliphatic rings. The summed E-state index contributed by atoms with van der Waals surface area (Å²) in [6.45, 7) is 12.6. The van der Waals surface area contributed by atoms with E-state index < -0.39 is 0 Å². The molecule has 0 aromatic rings. The van der Waals surface area contributed by atoms with E-state index in [9.17, 15) is 0 Å². The second-order valence-corrected chi connectivity index (χ2v) is 5.55. The number of nitrogens with zero attached hydrogens (tertiary/aromatic N) is 2. The lowest BCUT2D eigenvalue weighted by molar-refractivity contribution is 0.182. The molecule has 0 saturated carbocycles. The van der Waals surface area contributed by atoms with Crippen LogP contribution in [0.3, 0.4) is 0 Å². The van der Waals surface area contributed by atoms with Gasteiger partial charge in [-0.3, -0.25) is 4.90 Å². The molecule has 110 valence electrons. The summed E-state index contributed by atoms with van der Waals surface area (Å²) in [6.07, 6.45) is 5.40. The maximum absolute atomic E-state index is 3.56. The van der Waals surface area contributed by atoms with Crippen LogP contribution in [0.1, 0.15) is 46.5 Å². The van der Waals surface area contributed by atoms with Crippen LogP contribution in [0.25, 0.3) is 0 Å². The van der Waals surface area contributed by atoms with E-state index in [1.54, 1.807) is 0 Å². The van der Waals surface area contributed by atoms with E-state index in [-0.39, 0.29) is 0 Å². The van der Waals surface area contributed by atoms with Crippen LogP contribution in [0.15, 0.2) is 0 Å². The third-order valence-electron chi connectivity index (χ3n) is 3.44. The molecule has 0 aliphatic heterocycles. The Hall–Kier alpha value is -0.120. The molecule has 18 heavy (non-hydrogen) atoms. The van der Waals surface area contributed by atoms with E-state index in [0.717, 1.165) is 19.6 Å². The fourth-order valence-corrected chi connectivity index (χ4v) is 2.36. The standard InChI is InChI=1S/C15H35N3/c1-6-8-9-10-11-16-12-13-18(7-2)15(3)14-17(4)5/h15-16H,6-14H2,1-5H3. The van der Waals surface area contributed by atoms with Gasteiger partial charge in [-0.2, -0.15) is 0 Å². The predicted molar refractivity (Wildman–Crippen MR) is 82.3 cm³/mol. The summed E-state index contributed by atoms with van der Waals surface area (Å²) in [6, 6.07) is 0.645. The van der Waals surface area contributed by atoms with Crippen molar-refractivity contribution < 1.29 is 0 Å². The van der Waals surface area contributed by atoms with Crippen LogP contribution in [0.2, 0.25) is 0 Å². The topological polar surface area (TPSA) is 18.5 Å². The van der Waals surface area contributed by atoms with Gasteiger partial charge in [0.2, 0.25) is 0 Å². The van der Waals surface area contributed by atoms with Gasteiger partial charge in [-0.15, -0.1) is 0 Å². The second kappa shape index (κ2) is 11.9. The number of unbranched alkanes of at least 4 members (excludes halogenated alkanes) is 3. The lowest BCUT2D eigenvalue weighted by Crippen LogP contribution is -2.43. The van der Waals surface area contributed by atoms with Crippen LogP contribution in [0, 0.1) is 0 Å². The third kappa shape index (κ3) is 9.86. The predicted octanol–water partition coefficient (Wildman–Crippen LogP) is 2.43. The second-order valence-electron chi connectivity index (χ2n) is 5.55. The Morgan fingerprint density at radius 3 is 2.28 bits per heavy atom. The first-order valence-electron chi connectivity index (χ1n) is 7.71. The minimum atomic E-state index is 0.645. The highest BCUT2D eigenvalue weighted by Crippen LogP contribution is 2.00. The molecular formula is C15H35N3. The Labute approximate surface area is 115 Å². The van der Waals surface area contributed by atoms with E-state index in [2.05, 4.69) is 50.0 Å². The van der Waals surface area contributed by atoms with Crippen LogP contribution in [0.4, 0.5) is 0 Å². The molecule has 0 fully saturated rings. The largest absolute Gasteiger partial charge is 0.315 e. The average molecular weight is 257 g/mol. The van der Waals surface area contributed by atoms with Crippen molar-refractivity contribution >= 4 is 0 Å². The van der Waals surface area contributed by atoms with Crippen molar-refractivity contribution in [1.82, 2.24) is 15.1 Å². The first-order chi connectivity index (χ1) is 8.61. The quantitative estimate of drug-likeness (QED) is 0.542. The molecule has 0 bridgehead atoms. The van der Waals surface area contributed by atoms with Crippen molar-refractivity contribution in [2.45, 2.75) is 52.5 Å². The molecule has 1 N–H and O–H groups in total. The summed E-state index contributed by atoms with van der Waals surface area (Å²) in [7, 11) is 4.30. The van der Waals surface area contributed by atoms with Crippen molar-refractivity contribution in [2.75, 3.05) is 46.8 Å². The Kier molecular flexibility index (Phi) is 11.9. The lowest BCUT2D eigenvalue weighted by Gasteiger charge is -2.30. The van der Waals surface area contributed by atoms with Gasteiger partial charge in [-0.05, 0) is 40.5 Å². The van der Waals surface area contributed by atoms with Gasteiger partial charge in [0.1, 0.15) is 0 Å². The molecule has 0 spiro atoms. The summed E-state index contributed by atoms with van der Waals surface area (Å²) in [5.41, 5.74) is 0. The summed E-state index contributed by atoms with van der Waals surface area (Å²) in [5.74, 6) is 0. The number of nitrogens with one attached hydrogen (secondary N) is 1. The van der Waals surface area contributed by atoms with E-state index >= 15 is 0 Å². The van der Waals surface area contributed by atoms with Crippen LogP contribution < -0.4 is 5.32 Å². The molecule has 0 saturated heterocycles. The first-order valence-corrected chi connectivity index (χ1v) is 7.71. The van der Waals surface area contributed by atoms with Crippen molar-refractivity contribution in [3.05, 3.63) is 0 Å². The van der Waals surface area contributed by atoms with E-state index in [1.165, 1.54) is 38.8 Å². The van der Waals surface area contributed by atoms with Crippen LogP contribution in [-0.4, -0.2) is 62.7 Å². The monoisotopic (exact) mass is 257 g/mol. The zero-order valence-corrected chi connectivity index (χ0v) is 13.3. The maximum Gasteiger partial charge on any atom is 0.0195 e. The molecule has 0 aromatic carbocycles. The molecular weight excluding hydrogens is 222 g/mol. The molecule has 0 radical (unpaired) electrons. The van der Waals surface area contributed by atoms with Gasteiger partial charge < -0.3 is 10.2 Å². The van der Waals surface area contributed by atoms with Gasteiger partial charge >= 0.3 is 0 Å². The van der Waals surface area contributed by atoms with E-state index in [1.807, 2.05) is 0 Å². The van der Waals surface area contributed by atoms with Crippen molar-refractivity contribution in [3.63, 3.8) is 0 Å². The summed E-state index contributed by atoms with van der Waals surface area (Å²) in [5, 5.41) is 3.56. The molecule has 0 amide bonds. The lowest BCUT2D eigenvalue weighted by atomic mass is 10.2. The Balaban J connectivity index is 3.55. The minimum absolute atomic E-state index is 0.645. The Bertz CT molecular complexity index is 171. The summed E-state index contributed by atoms with van der Waals surface area (Å²) in [4.78, 5) is 4.82. The Morgan fingerprint density at radius 1 is 1.00 bits per heavy atom. The average Bonchev–Trinajstić information content (AvgIpc) is 2.31. The van der Waals surface area contributed by atoms with Crippen LogP contribution in [0.5, 0.6) is 0 Å². The molecule has 3 nitrogen and oxygen atoms in total. The van der Waals surface area contributed by atoms with E-state index in [0.29, 0.717) is 6.04 Å². The zero-order chi connectivity index (χ0) is 13.8. The molecule has 1 unspecified atom stereocenters. The van der Waals surface area contributed by atoms with Crippen molar-refractivity contribution in [2.24, 2.45) is 0 Å². The maximum atomic E-state index is 3.56. The zero-order valence-electron chi connectivity index (χ0n) is 13.3. The fourth-order valence-electron chi connectivity index (χ4n) is 2.36. The summed E-state index contributed by atoms with van der Waals surface area (Å²) < 4.78 is 0. The highest BCUT2D eigenvalue weighted by Gasteiger charge is 2.11. The Morgan fingerprint density at radius 2 is 1.72 bits per heavy atom. The van der Waals surface area contributed by atoms with Gasteiger partial charge in [-0.1, -0.05) is 33.1 Å². The van der Waals surface area contributed by atoms with E-state index in [4.69, 9.17) is 0 Å². The molecule has 0 aromatic heterocycles. The van der Waals surface area contributed by atoms with Gasteiger partial charge in [0.15, 0.2) is 0 Å². The molecule has 1 atom stereocenters. The first kappa shape index (κ1) is 17.9. The molecule has 0 aliphatic carbocycles. The highest BCUT2D eigenvalue weighted by atomic mass is 15.2. The normalized spacial score (nSPS) is 13.5. The number of likely N-dealkylation sites (N-methyl/N-ethyl adjacent to an activating group) is 2. The molecule has 3 heteroatoms. The number of hydrogen-bond donors (Lipinski definition) is 1. The highest BCUT2D eigenvalue weighted by molar-refractivity contribution is 4.69. The smallest absolute Gasteiger partial charge is 0.0195 e. The number of rotatable bonds is 12. The van der Waals surface area contributed by atoms with Gasteiger partial charge in [0, 0.05) is 25.7 Å². The van der Waals surface area contributed by atoms with Crippen LogP contribution in [-0.2, 0) is 0 Å². The van der Waals surface area contributed by atoms with Crippen LogP contribution >= 0.6 is 0 Å². The van der Waals surface area contributed by atoms with Gasteiger partial charge in [0.05, 0.1) is 0 Å². The third-order valence-corrected chi connectivity index (χ3v) is 3.44. The summed E-state index contributed by atoms with van der Waals surface area (Å²) >= 11 is 0.